The van der Waals surface area contributed by atoms with Crippen molar-refractivity contribution < 1.29 is 33.8 Å². The zero-order valence-corrected chi connectivity index (χ0v) is 27.8. The predicted molar refractivity (Wildman–Crippen MR) is 179 cm³/mol. The zero-order valence-electron chi connectivity index (χ0n) is 26.3. The summed E-state index contributed by atoms with van der Waals surface area (Å²) in [5.41, 5.74) is 6.19. The van der Waals surface area contributed by atoms with Crippen LogP contribution in [0, 0.1) is 0 Å². The summed E-state index contributed by atoms with van der Waals surface area (Å²) in [4.78, 5) is 71.0. The van der Waals surface area contributed by atoms with E-state index in [1.807, 2.05) is 20.8 Å². The van der Waals surface area contributed by atoms with Crippen LogP contribution >= 0.6 is 23.2 Å². The molecular weight excluding hydrogens is 661 g/mol. The van der Waals surface area contributed by atoms with Gasteiger partial charge in [-0.1, -0.05) is 41.4 Å². The molecule has 3 aromatic carbocycles. The minimum Gasteiger partial charge on any atom is -0.487 e. The number of carboxylic acids is 1. The smallest absolute Gasteiger partial charge is 0.335 e. The Hall–Kier alpha value is -4.94. The summed E-state index contributed by atoms with van der Waals surface area (Å²) in [6.07, 6.45) is -0.511. The Kier molecular flexibility index (Phi) is 9.79. The van der Waals surface area contributed by atoms with E-state index < -0.39 is 47.8 Å². The molecule has 12 nitrogen and oxygen atoms in total. The summed E-state index contributed by atoms with van der Waals surface area (Å²) >= 11 is 12.9. The number of benzene rings is 3. The number of carboxylic acid groups (broad SMARTS) is 1. The predicted octanol–water partition coefficient (Wildman–Crippen LogP) is 5.02. The van der Waals surface area contributed by atoms with Crippen molar-refractivity contribution in [1.29, 1.82) is 0 Å². The van der Waals surface area contributed by atoms with E-state index in [0.29, 0.717) is 26.7 Å². The number of hydrogen-bond donors (Lipinski definition) is 3. The number of piperazine rings is 1. The molecule has 48 heavy (non-hydrogen) atoms. The molecule has 1 fully saturated rings. The Labute approximate surface area is 286 Å². The third-order valence-corrected chi connectivity index (χ3v) is 8.04. The van der Waals surface area contributed by atoms with Crippen molar-refractivity contribution in [2.24, 2.45) is 10.7 Å². The van der Waals surface area contributed by atoms with Crippen LogP contribution in [0.2, 0.25) is 10.0 Å². The molecule has 4 N–H and O–H groups in total. The van der Waals surface area contributed by atoms with Crippen LogP contribution in [0.5, 0.6) is 5.75 Å². The highest BCUT2D eigenvalue weighted by Crippen LogP contribution is 2.46. The first-order valence-electron chi connectivity index (χ1n) is 15.0. The number of urea groups is 1. The topological polar surface area (TPSA) is 172 Å². The lowest BCUT2D eigenvalue weighted by atomic mass is 9.93. The highest BCUT2D eigenvalue weighted by molar-refractivity contribution is 6.34. The van der Waals surface area contributed by atoms with E-state index in [-0.39, 0.29) is 48.3 Å². The van der Waals surface area contributed by atoms with Gasteiger partial charge in [-0.25, -0.2) is 9.59 Å². The molecule has 14 heteroatoms. The second-order valence-corrected chi connectivity index (χ2v) is 13.3. The molecule has 2 aliphatic rings. The van der Waals surface area contributed by atoms with Gasteiger partial charge in [0.2, 0.25) is 11.8 Å². The Morgan fingerprint density at radius 2 is 1.62 bits per heavy atom. The monoisotopic (exact) mass is 693 g/mol. The van der Waals surface area contributed by atoms with Gasteiger partial charge >= 0.3 is 12.0 Å². The third kappa shape index (κ3) is 7.61. The number of amides is 4. The lowest BCUT2D eigenvalue weighted by Crippen LogP contribution is -2.55. The molecule has 0 bridgehead atoms. The van der Waals surface area contributed by atoms with E-state index in [9.17, 15) is 29.1 Å². The average Bonchev–Trinajstić information content (AvgIpc) is 3.39. The summed E-state index contributed by atoms with van der Waals surface area (Å²) < 4.78 is 6.32. The van der Waals surface area contributed by atoms with E-state index in [1.54, 1.807) is 36.4 Å². The SMILES string of the molecule is CC(C)(C)Oc1cc(C(=O)CC(N)=O)ccc1C1=NC(c2ccc(C(=O)O)cc2)C(c2cc(Cl)cc(Cl)c2)N1C(=O)N1CCNC(=O)C1. The number of aliphatic imine (C=N–C) groups is 1. The first kappa shape index (κ1) is 34.4. The highest BCUT2D eigenvalue weighted by Gasteiger charge is 2.45. The van der Waals surface area contributed by atoms with Gasteiger partial charge in [-0.05, 0) is 74.4 Å². The van der Waals surface area contributed by atoms with Gasteiger partial charge in [0, 0.05) is 28.7 Å². The number of hydrogen-bond acceptors (Lipinski definition) is 7. The molecule has 0 spiro atoms. The minimum atomic E-state index is -1.11. The van der Waals surface area contributed by atoms with Crippen LogP contribution in [0.15, 0.2) is 65.7 Å². The molecular formula is C34H33Cl2N5O7. The number of halogens is 2. The van der Waals surface area contributed by atoms with Crippen molar-refractivity contribution in [3.05, 3.63) is 98.5 Å². The van der Waals surface area contributed by atoms with E-state index >= 15 is 0 Å². The van der Waals surface area contributed by atoms with Gasteiger partial charge in [-0.3, -0.25) is 24.3 Å². The van der Waals surface area contributed by atoms with Gasteiger partial charge in [0.05, 0.1) is 23.6 Å². The van der Waals surface area contributed by atoms with Crippen LogP contribution in [0.1, 0.15) is 76.7 Å². The van der Waals surface area contributed by atoms with Crippen LogP contribution in [0.3, 0.4) is 0 Å². The van der Waals surface area contributed by atoms with E-state index in [1.165, 1.54) is 34.1 Å². The molecule has 2 atom stereocenters. The lowest BCUT2D eigenvalue weighted by Gasteiger charge is -2.36. The van der Waals surface area contributed by atoms with Gasteiger partial charge in [-0.15, -0.1) is 0 Å². The number of carbonyl (C=O) groups excluding carboxylic acids is 4. The van der Waals surface area contributed by atoms with Crippen molar-refractivity contribution in [1.82, 2.24) is 15.1 Å². The number of ketones is 1. The van der Waals surface area contributed by atoms with Crippen molar-refractivity contribution in [2.75, 3.05) is 19.6 Å². The fraction of sp³-hybridized carbons (Fsp3) is 0.294. The number of nitrogens with two attached hydrogens (primary N) is 1. The largest absolute Gasteiger partial charge is 0.487 e. The Bertz CT molecular complexity index is 1820. The summed E-state index contributed by atoms with van der Waals surface area (Å²) in [6, 6.07) is 13.3. The molecule has 2 aliphatic heterocycles. The number of aromatic carboxylic acids is 1. The number of nitrogens with zero attached hydrogens (tertiary/aromatic N) is 3. The van der Waals surface area contributed by atoms with E-state index in [2.05, 4.69) is 5.32 Å². The molecule has 2 unspecified atom stereocenters. The van der Waals surface area contributed by atoms with Crippen LogP contribution in [0.25, 0.3) is 0 Å². The van der Waals surface area contributed by atoms with Crippen molar-refractivity contribution >= 4 is 58.6 Å². The van der Waals surface area contributed by atoms with Gasteiger partial charge in [0.25, 0.3) is 0 Å². The highest BCUT2D eigenvalue weighted by atomic mass is 35.5. The normalized spacial score (nSPS) is 17.9. The van der Waals surface area contributed by atoms with Gasteiger partial charge in [0.15, 0.2) is 5.78 Å². The molecule has 0 radical (unpaired) electrons. The quantitative estimate of drug-likeness (QED) is 0.219. The Morgan fingerprint density at radius 1 is 0.979 bits per heavy atom. The molecule has 250 valence electrons. The second kappa shape index (κ2) is 13.7. The number of primary amides is 1. The van der Waals surface area contributed by atoms with Crippen molar-refractivity contribution in [2.45, 2.75) is 44.9 Å². The lowest BCUT2D eigenvalue weighted by molar-refractivity contribution is -0.123. The number of carbonyl (C=O) groups is 5. The molecule has 4 amide bonds. The van der Waals surface area contributed by atoms with Gasteiger partial charge < -0.3 is 25.8 Å². The number of rotatable bonds is 8. The number of amidine groups is 1. The van der Waals surface area contributed by atoms with Crippen LogP contribution in [-0.2, 0) is 9.59 Å². The first-order valence-corrected chi connectivity index (χ1v) is 15.7. The van der Waals surface area contributed by atoms with E-state index in [0.717, 1.165) is 0 Å². The Morgan fingerprint density at radius 3 is 2.21 bits per heavy atom. The van der Waals surface area contributed by atoms with Gasteiger partial charge in [0.1, 0.15) is 29.8 Å². The number of nitrogens with one attached hydrogen (secondary N) is 1. The zero-order chi connectivity index (χ0) is 34.9. The molecule has 5 rings (SSSR count). The van der Waals surface area contributed by atoms with Crippen LogP contribution in [0.4, 0.5) is 4.79 Å². The maximum atomic E-state index is 14.6. The van der Waals surface area contributed by atoms with Crippen LogP contribution in [-0.4, -0.2) is 75.6 Å². The maximum absolute atomic E-state index is 14.6. The molecule has 1 saturated heterocycles. The summed E-state index contributed by atoms with van der Waals surface area (Å²) in [5.74, 6) is -2.38. The third-order valence-electron chi connectivity index (χ3n) is 7.60. The van der Waals surface area contributed by atoms with Crippen molar-refractivity contribution in [3.8, 4) is 5.75 Å². The van der Waals surface area contributed by atoms with Crippen LogP contribution < -0.4 is 15.8 Å². The van der Waals surface area contributed by atoms with Crippen molar-refractivity contribution in [3.63, 3.8) is 0 Å². The fourth-order valence-electron chi connectivity index (χ4n) is 5.61. The molecule has 0 aliphatic carbocycles. The summed E-state index contributed by atoms with van der Waals surface area (Å²) in [7, 11) is 0. The minimum absolute atomic E-state index is 0.0626. The number of Topliss-reactive ketones (excluding diaryl/α,β-unsaturated/α-hetero) is 1. The second-order valence-electron chi connectivity index (χ2n) is 12.4. The standard InChI is InChI=1S/C34H33Cl2N5O7/c1-34(2,3)48-26-14-20(25(42)16-27(37)43)8-9-24(26)31-39-29(18-4-6-19(7-5-18)32(45)46)30(21-12-22(35)15-23(36)13-21)41(31)33(47)40-11-10-38-28(44)17-40/h4-9,12-15,29-30H,10-11,16-17H2,1-3H3,(H2,37,43)(H,38,44)(H,45,46). The fourth-order valence-corrected chi connectivity index (χ4v) is 6.16. The Balaban J connectivity index is 1.75. The molecule has 0 saturated carbocycles. The maximum Gasteiger partial charge on any atom is 0.335 e. The number of ether oxygens (including phenoxy) is 1. The average molecular weight is 695 g/mol. The van der Waals surface area contributed by atoms with E-state index in [4.69, 9.17) is 38.7 Å². The van der Waals surface area contributed by atoms with Gasteiger partial charge in [-0.2, -0.15) is 0 Å². The first-order chi connectivity index (χ1) is 22.6. The molecule has 0 aromatic heterocycles. The molecule has 2 heterocycles. The summed E-state index contributed by atoms with van der Waals surface area (Å²) in [5, 5.41) is 12.9. The molecule has 3 aromatic rings. The summed E-state index contributed by atoms with van der Waals surface area (Å²) in [6.45, 7) is 5.70.